The molecular weight excluding hydrogens is 364 g/mol. The lowest BCUT2D eigenvalue weighted by Gasteiger charge is -2.39. The van der Waals surface area contributed by atoms with E-state index in [2.05, 4.69) is 0 Å². The highest BCUT2D eigenvalue weighted by Gasteiger charge is 2.48. The van der Waals surface area contributed by atoms with Gasteiger partial charge < -0.3 is 9.16 Å². The van der Waals surface area contributed by atoms with Crippen LogP contribution in [0, 0.1) is 0 Å². The first-order chi connectivity index (χ1) is 10.0. The first kappa shape index (κ1) is 21.0. The highest BCUT2D eigenvalue weighted by atomic mass is 32.2. The fraction of sp³-hybridized carbons (Fsp3) is 1.00. The van der Waals surface area contributed by atoms with Crippen molar-refractivity contribution in [2.24, 2.45) is 0 Å². The lowest BCUT2D eigenvalue weighted by atomic mass is 10.2. The van der Waals surface area contributed by atoms with Gasteiger partial charge in [-0.1, -0.05) is 20.8 Å². The van der Waals surface area contributed by atoms with Crippen LogP contribution in [0.3, 0.4) is 0 Å². The van der Waals surface area contributed by atoms with Crippen molar-refractivity contribution in [1.82, 2.24) is 0 Å². The summed E-state index contributed by atoms with van der Waals surface area (Å²) < 4.78 is 66.9. The van der Waals surface area contributed by atoms with Crippen LogP contribution in [0.15, 0.2) is 0 Å². The second kappa shape index (κ2) is 6.69. The van der Waals surface area contributed by atoms with E-state index in [9.17, 15) is 16.8 Å². The minimum atomic E-state index is -3.84. The lowest BCUT2D eigenvalue weighted by Crippen LogP contribution is -2.48. The van der Waals surface area contributed by atoms with E-state index in [0.717, 1.165) is 12.5 Å². The summed E-state index contributed by atoms with van der Waals surface area (Å²) in [5.74, 6) is 0. The number of ether oxygens (including phenoxy) is 1. The molecule has 0 radical (unpaired) electrons. The van der Waals surface area contributed by atoms with E-state index in [0.29, 0.717) is 0 Å². The summed E-state index contributed by atoms with van der Waals surface area (Å²) in [5.41, 5.74) is 0. The average Bonchev–Trinajstić information content (AvgIpc) is 2.55. The number of hydrogen-bond donors (Lipinski definition) is 0. The van der Waals surface area contributed by atoms with Crippen LogP contribution in [0.1, 0.15) is 20.8 Å². The zero-order valence-corrected chi connectivity index (χ0v) is 17.2. The van der Waals surface area contributed by atoms with Crippen molar-refractivity contribution in [3.8, 4) is 0 Å². The molecule has 1 rings (SSSR count). The standard InChI is InChI=1S/C12H26O8S2Si/c1-12(2,3)23(6,7)20-11-10(19-22(5,15)16)9(8-17-11)18-21(4,13)14/h9-11H,8H2,1-7H3. The Morgan fingerprint density at radius 2 is 1.48 bits per heavy atom. The SMILES string of the molecule is CC(C)(C)[Si](C)(C)OC1OCC(OS(C)(=O)=O)C1OS(C)(=O)=O. The van der Waals surface area contributed by atoms with Crippen LogP contribution in [-0.2, 0) is 37.8 Å². The summed E-state index contributed by atoms with van der Waals surface area (Å²) in [6.45, 7) is 9.87. The Labute approximate surface area is 139 Å². The minimum Gasteiger partial charge on any atom is -0.390 e. The fourth-order valence-electron chi connectivity index (χ4n) is 1.74. The first-order valence-electron chi connectivity index (χ1n) is 7.08. The fourth-order valence-corrected chi connectivity index (χ4v) is 4.11. The molecule has 3 unspecified atom stereocenters. The summed E-state index contributed by atoms with van der Waals surface area (Å²) >= 11 is 0. The third-order valence-electron chi connectivity index (χ3n) is 3.86. The van der Waals surface area contributed by atoms with Crippen LogP contribution in [-0.4, -0.2) is 62.8 Å². The molecule has 1 aliphatic rings. The molecule has 138 valence electrons. The molecular formula is C12H26O8S2Si. The molecule has 23 heavy (non-hydrogen) atoms. The summed E-state index contributed by atoms with van der Waals surface area (Å²) in [4.78, 5) is 0. The van der Waals surface area contributed by atoms with Gasteiger partial charge in [0.2, 0.25) is 0 Å². The minimum absolute atomic E-state index is 0.132. The third kappa shape index (κ3) is 6.40. The van der Waals surface area contributed by atoms with Crippen LogP contribution in [0.25, 0.3) is 0 Å². The van der Waals surface area contributed by atoms with Gasteiger partial charge in [0.15, 0.2) is 20.7 Å². The van der Waals surface area contributed by atoms with Gasteiger partial charge in [0.1, 0.15) is 6.10 Å². The Bertz CT molecular complexity index is 620. The highest BCUT2D eigenvalue weighted by molar-refractivity contribution is 7.86. The largest absolute Gasteiger partial charge is 0.390 e. The monoisotopic (exact) mass is 390 g/mol. The molecule has 0 N–H and O–H groups in total. The Balaban J connectivity index is 3.02. The van der Waals surface area contributed by atoms with Crippen LogP contribution < -0.4 is 0 Å². The van der Waals surface area contributed by atoms with Crippen molar-refractivity contribution >= 4 is 28.6 Å². The molecule has 11 heteroatoms. The number of rotatable bonds is 6. The van der Waals surface area contributed by atoms with E-state index in [1.54, 1.807) is 0 Å². The van der Waals surface area contributed by atoms with Crippen LogP contribution in [0.4, 0.5) is 0 Å². The molecule has 0 aromatic rings. The van der Waals surface area contributed by atoms with Crippen molar-refractivity contribution in [3.63, 3.8) is 0 Å². The third-order valence-corrected chi connectivity index (χ3v) is 9.46. The van der Waals surface area contributed by atoms with E-state index in [1.807, 2.05) is 33.9 Å². The second-order valence-corrected chi connectivity index (χ2v) is 15.1. The van der Waals surface area contributed by atoms with Gasteiger partial charge in [0.25, 0.3) is 20.2 Å². The Morgan fingerprint density at radius 3 is 1.87 bits per heavy atom. The zero-order chi connectivity index (χ0) is 18.3. The maximum atomic E-state index is 11.5. The van der Waals surface area contributed by atoms with Crippen molar-refractivity contribution < 1.29 is 34.4 Å². The van der Waals surface area contributed by atoms with Gasteiger partial charge in [-0.3, -0.25) is 8.37 Å². The van der Waals surface area contributed by atoms with Crippen LogP contribution in [0.2, 0.25) is 18.1 Å². The molecule has 0 aromatic heterocycles. The first-order valence-corrected chi connectivity index (χ1v) is 13.6. The molecule has 1 aliphatic heterocycles. The Hall–Kier alpha value is -0.0431. The molecule has 1 fully saturated rings. The summed E-state index contributed by atoms with van der Waals surface area (Å²) in [7, 11) is -9.91. The maximum Gasteiger partial charge on any atom is 0.264 e. The molecule has 8 nitrogen and oxygen atoms in total. The summed E-state index contributed by atoms with van der Waals surface area (Å²) in [6.07, 6.45) is -1.49. The number of hydrogen-bond acceptors (Lipinski definition) is 8. The van der Waals surface area contributed by atoms with E-state index in [1.165, 1.54) is 0 Å². The molecule has 0 spiro atoms. The topological polar surface area (TPSA) is 105 Å². The Morgan fingerprint density at radius 1 is 1.00 bits per heavy atom. The molecule has 0 saturated carbocycles. The molecule has 1 heterocycles. The lowest BCUT2D eigenvalue weighted by molar-refractivity contribution is -0.0909. The van der Waals surface area contributed by atoms with Crippen molar-refractivity contribution in [2.45, 2.75) is 57.4 Å². The zero-order valence-electron chi connectivity index (χ0n) is 14.5. The van der Waals surface area contributed by atoms with E-state index in [4.69, 9.17) is 17.5 Å². The molecule has 1 saturated heterocycles. The van der Waals surface area contributed by atoms with E-state index < -0.39 is 47.1 Å². The smallest absolute Gasteiger partial charge is 0.264 e. The Kier molecular flexibility index (Phi) is 6.11. The quantitative estimate of drug-likeness (QED) is 0.489. The summed E-state index contributed by atoms with van der Waals surface area (Å²) in [5, 5.41) is -0.137. The predicted octanol–water partition coefficient (Wildman–Crippen LogP) is 1.05. The maximum absolute atomic E-state index is 11.5. The predicted molar refractivity (Wildman–Crippen MR) is 87.5 cm³/mol. The molecule has 0 bridgehead atoms. The van der Waals surface area contributed by atoms with Gasteiger partial charge in [-0.25, -0.2) is 0 Å². The van der Waals surface area contributed by atoms with Gasteiger partial charge in [-0.15, -0.1) is 0 Å². The van der Waals surface area contributed by atoms with E-state index in [-0.39, 0.29) is 11.6 Å². The van der Waals surface area contributed by atoms with Gasteiger partial charge >= 0.3 is 0 Å². The molecule has 0 aromatic carbocycles. The molecule has 0 aliphatic carbocycles. The van der Waals surface area contributed by atoms with Crippen molar-refractivity contribution in [3.05, 3.63) is 0 Å². The van der Waals surface area contributed by atoms with E-state index >= 15 is 0 Å². The van der Waals surface area contributed by atoms with Crippen molar-refractivity contribution in [1.29, 1.82) is 0 Å². The average molecular weight is 391 g/mol. The molecule has 3 atom stereocenters. The van der Waals surface area contributed by atoms with Gasteiger partial charge in [0, 0.05) is 0 Å². The van der Waals surface area contributed by atoms with Gasteiger partial charge in [-0.2, -0.15) is 16.8 Å². The highest BCUT2D eigenvalue weighted by Crippen LogP contribution is 2.39. The normalized spacial score (nSPS) is 27.3. The van der Waals surface area contributed by atoms with Gasteiger partial charge in [-0.05, 0) is 18.1 Å². The van der Waals surface area contributed by atoms with Crippen LogP contribution >= 0.6 is 0 Å². The molecule has 0 amide bonds. The summed E-state index contributed by atoms with van der Waals surface area (Å²) in [6, 6.07) is 0. The van der Waals surface area contributed by atoms with Gasteiger partial charge in [0.05, 0.1) is 19.1 Å². The second-order valence-electron chi connectivity index (χ2n) is 7.18. The van der Waals surface area contributed by atoms with Crippen LogP contribution in [0.5, 0.6) is 0 Å². The van der Waals surface area contributed by atoms with Crippen molar-refractivity contribution in [2.75, 3.05) is 19.1 Å².